The summed E-state index contributed by atoms with van der Waals surface area (Å²) in [6.45, 7) is 0.105. The summed E-state index contributed by atoms with van der Waals surface area (Å²) in [5.41, 5.74) is -0.397. The van der Waals surface area contributed by atoms with Gasteiger partial charge in [0.1, 0.15) is 16.1 Å². The predicted molar refractivity (Wildman–Crippen MR) is 108 cm³/mol. The summed E-state index contributed by atoms with van der Waals surface area (Å²) < 4.78 is 73.7. The van der Waals surface area contributed by atoms with E-state index < -0.39 is 36.2 Å². The van der Waals surface area contributed by atoms with E-state index in [0.717, 1.165) is 11.1 Å². The highest BCUT2D eigenvalue weighted by Gasteiger charge is 2.35. The molecule has 7 nitrogen and oxygen atoms in total. The van der Waals surface area contributed by atoms with Gasteiger partial charge in [0.15, 0.2) is 0 Å². The van der Waals surface area contributed by atoms with Crippen LogP contribution in [0, 0.1) is 6.92 Å². The first-order valence-electron chi connectivity index (χ1n) is 9.02. The quantitative estimate of drug-likeness (QED) is 0.428. The van der Waals surface area contributed by atoms with Crippen molar-refractivity contribution in [2.45, 2.75) is 32.7 Å². The van der Waals surface area contributed by atoms with Crippen molar-refractivity contribution in [3.05, 3.63) is 40.5 Å². The average molecular weight is 476 g/mol. The Morgan fingerprint density at radius 3 is 2.56 bits per heavy atom. The van der Waals surface area contributed by atoms with Crippen molar-refractivity contribution < 1.29 is 36.2 Å². The van der Waals surface area contributed by atoms with E-state index in [-0.39, 0.29) is 11.4 Å². The van der Waals surface area contributed by atoms with Crippen molar-refractivity contribution in [1.82, 2.24) is 9.97 Å². The second-order valence-corrected chi connectivity index (χ2v) is 7.70. The van der Waals surface area contributed by atoms with Crippen molar-refractivity contribution in [1.29, 1.82) is 0 Å². The molecule has 2 aromatic heterocycles. The number of hydrogen-bond donors (Lipinski definition) is 2. The van der Waals surface area contributed by atoms with Gasteiger partial charge in [-0.05, 0) is 32.0 Å². The SMILES string of the molecule is COC(C)c1c(NC(=O)Nc2ccc(OC(F)F)c(C(F)(F)F)c2)cnc2sc(C)nc12. The van der Waals surface area contributed by atoms with Crippen molar-refractivity contribution in [3.8, 4) is 5.75 Å². The molecule has 0 aliphatic carbocycles. The number of methoxy groups -OCH3 is 1. The van der Waals surface area contributed by atoms with Gasteiger partial charge in [-0.1, -0.05) is 11.3 Å². The van der Waals surface area contributed by atoms with Crippen molar-refractivity contribution in [2.75, 3.05) is 17.7 Å². The van der Waals surface area contributed by atoms with E-state index in [1.54, 1.807) is 13.8 Å². The summed E-state index contributed by atoms with van der Waals surface area (Å²) in [5, 5.41) is 5.52. The van der Waals surface area contributed by atoms with Gasteiger partial charge >= 0.3 is 18.8 Å². The summed E-state index contributed by atoms with van der Waals surface area (Å²) in [4.78, 5) is 21.8. The van der Waals surface area contributed by atoms with Crippen LogP contribution in [0.5, 0.6) is 5.75 Å². The van der Waals surface area contributed by atoms with Crippen LogP contribution in [-0.4, -0.2) is 29.7 Å². The average Bonchev–Trinajstić information content (AvgIpc) is 3.07. The van der Waals surface area contributed by atoms with Gasteiger partial charge in [-0.2, -0.15) is 22.0 Å². The molecule has 2 amide bonds. The third-order valence-corrected chi connectivity index (χ3v) is 5.22. The topological polar surface area (TPSA) is 85.4 Å². The number of pyridine rings is 1. The number of carbonyl (C=O) groups excluding carboxylic acids is 1. The number of ether oxygens (including phenoxy) is 2. The lowest BCUT2D eigenvalue weighted by Gasteiger charge is -2.17. The fraction of sp³-hybridized carbons (Fsp3) is 0.316. The van der Waals surface area contributed by atoms with E-state index in [2.05, 4.69) is 25.3 Å². The van der Waals surface area contributed by atoms with Gasteiger partial charge in [-0.15, -0.1) is 0 Å². The molecular formula is C19H17F5N4O3S. The molecule has 0 saturated carbocycles. The van der Waals surface area contributed by atoms with Crippen molar-refractivity contribution in [3.63, 3.8) is 0 Å². The Hall–Kier alpha value is -3.06. The standard InChI is InChI=1S/C19H17F5N4O3S/c1-8(30-3)14-12(7-25-16-15(14)26-9(2)32-16)28-18(29)27-10-4-5-13(31-17(20)21)11(6-10)19(22,23)24/h4-8,17H,1-3H3,(H2,27,28,29). The second kappa shape index (κ2) is 9.20. The largest absolute Gasteiger partial charge is 0.434 e. The van der Waals surface area contributed by atoms with Crippen LogP contribution in [0.4, 0.5) is 38.1 Å². The van der Waals surface area contributed by atoms with Gasteiger partial charge in [0.25, 0.3) is 0 Å². The lowest BCUT2D eigenvalue weighted by atomic mass is 10.1. The molecule has 172 valence electrons. The number of rotatable bonds is 6. The minimum atomic E-state index is -4.98. The van der Waals surface area contributed by atoms with Gasteiger partial charge in [0.2, 0.25) is 0 Å². The zero-order valence-electron chi connectivity index (χ0n) is 16.9. The first-order valence-corrected chi connectivity index (χ1v) is 9.84. The number of aryl methyl sites for hydroxylation is 1. The Labute approximate surface area is 182 Å². The lowest BCUT2D eigenvalue weighted by Crippen LogP contribution is -2.21. The molecule has 0 radical (unpaired) electrons. The molecule has 0 bridgehead atoms. The molecule has 13 heteroatoms. The van der Waals surface area contributed by atoms with E-state index in [1.807, 2.05) is 0 Å². The van der Waals surface area contributed by atoms with E-state index in [4.69, 9.17) is 4.74 Å². The number of nitrogens with one attached hydrogen (secondary N) is 2. The first kappa shape index (κ1) is 23.6. The molecule has 0 aliphatic heterocycles. The van der Waals surface area contributed by atoms with E-state index in [9.17, 15) is 26.7 Å². The van der Waals surface area contributed by atoms with Crippen LogP contribution in [-0.2, 0) is 10.9 Å². The molecule has 32 heavy (non-hydrogen) atoms. The minimum Gasteiger partial charge on any atom is -0.434 e. The number of carbonyl (C=O) groups is 1. The number of nitrogens with zero attached hydrogens (tertiary/aromatic N) is 2. The highest BCUT2D eigenvalue weighted by atomic mass is 32.1. The van der Waals surface area contributed by atoms with Gasteiger partial charge in [-0.3, -0.25) is 0 Å². The van der Waals surface area contributed by atoms with E-state index >= 15 is 0 Å². The number of hydrogen-bond acceptors (Lipinski definition) is 6. The Balaban J connectivity index is 1.88. The molecule has 3 rings (SSSR count). The molecule has 1 atom stereocenters. The normalized spacial score (nSPS) is 12.8. The Morgan fingerprint density at radius 1 is 1.22 bits per heavy atom. The summed E-state index contributed by atoms with van der Waals surface area (Å²) in [7, 11) is 1.47. The molecule has 0 aliphatic rings. The van der Waals surface area contributed by atoms with Gasteiger partial charge in [0, 0.05) is 18.4 Å². The van der Waals surface area contributed by atoms with E-state index in [1.165, 1.54) is 24.6 Å². The number of amides is 2. The smallest absolute Gasteiger partial charge is 0.420 e. The number of fused-ring (bicyclic) bond motifs is 1. The maximum Gasteiger partial charge on any atom is 0.420 e. The summed E-state index contributed by atoms with van der Waals surface area (Å²) >= 11 is 1.36. The van der Waals surface area contributed by atoms with E-state index in [0.29, 0.717) is 28.0 Å². The highest BCUT2D eigenvalue weighted by molar-refractivity contribution is 7.18. The van der Waals surface area contributed by atoms with Crippen LogP contribution in [0.1, 0.15) is 29.2 Å². The van der Waals surface area contributed by atoms with Gasteiger partial charge in [0.05, 0.1) is 28.6 Å². The molecule has 0 fully saturated rings. The lowest BCUT2D eigenvalue weighted by molar-refractivity contribution is -0.141. The molecule has 2 heterocycles. The predicted octanol–water partition coefficient (Wildman–Crippen LogP) is 5.97. The molecule has 3 aromatic rings. The third kappa shape index (κ3) is 5.22. The monoisotopic (exact) mass is 476 g/mol. The number of anilines is 2. The zero-order chi connectivity index (χ0) is 23.6. The van der Waals surface area contributed by atoms with Crippen LogP contribution in [0.2, 0.25) is 0 Å². The maximum atomic E-state index is 13.2. The van der Waals surface area contributed by atoms with Crippen LogP contribution in [0.25, 0.3) is 10.3 Å². The summed E-state index contributed by atoms with van der Waals surface area (Å²) in [6, 6.07) is 1.34. The fourth-order valence-electron chi connectivity index (χ4n) is 2.94. The number of thiazole rings is 1. The van der Waals surface area contributed by atoms with Crippen LogP contribution in [0.3, 0.4) is 0 Å². The first-order chi connectivity index (χ1) is 15.0. The Kier molecular flexibility index (Phi) is 6.79. The van der Waals surface area contributed by atoms with Crippen LogP contribution in [0.15, 0.2) is 24.4 Å². The summed E-state index contributed by atoms with van der Waals surface area (Å²) in [5.74, 6) is -1.05. The zero-order valence-corrected chi connectivity index (χ0v) is 17.7. The molecule has 2 N–H and O–H groups in total. The molecule has 0 spiro atoms. The van der Waals surface area contributed by atoms with Crippen LogP contribution < -0.4 is 15.4 Å². The number of benzene rings is 1. The van der Waals surface area contributed by atoms with Crippen molar-refractivity contribution in [2.24, 2.45) is 0 Å². The highest BCUT2D eigenvalue weighted by Crippen LogP contribution is 2.39. The number of alkyl halides is 5. The number of aromatic nitrogens is 2. The van der Waals surface area contributed by atoms with Crippen LogP contribution >= 0.6 is 11.3 Å². The molecule has 1 unspecified atom stereocenters. The molecule has 0 saturated heterocycles. The Bertz CT molecular complexity index is 1140. The maximum absolute atomic E-state index is 13.2. The minimum absolute atomic E-state index is 0.253. The Morgan fingerprint density at radius 2 is 1.94 bits per heavy atom. The summed E-state index contributed by atoms with van der Waals surface area (Å²) in [6.07, 6.45) is -4.05. The van der Waals surface area contributed by atoms with Crippen molar-refractivity contribution >= 4 is 39.1 Å². The van der Waals surface area contributed by atoms with Gasteiger partial charge in [-0.25, -0.2) is 14.8 Å². The molecule has 1 aromatic carbocycles. The molecular weight excluding hydrogens is 459 g/mol. The fourth-order valence-corrected chi connectivity index (χ4v) is 3.72. The number of urea groups is 1. The number of halogens is 5. The third-order valence-electron chi connectivity index (χ3n) is 4.34. The van der Waals surface area contributed by atoms with Gasteiger partial charge < -0.3 is 20.1 Å². The second-order valence-electron chi connectivity index (χ2n) is 6.52.